The molecule has 1 aromatic heterocycles. The number of rotatable bonds is 4. The number of carbonyl (C=O) groups is 3. The molecule has 1 fully saturated rings. The Morgan fingerprint density at radius 2 is 2.37 bits per heavy atom. The van der Waals surface area contributed by atoms with Crippen LogP contribution >= 0.6 is 0 Å². The minimum absolute atomic E-state index is 0.289. The summed E-state index contributed by atoms with van der Waals surface area (Å²) < 4.78 is 9.71. The molecule has 1 aromatic rings. The maximum absolute atomic E-state index is 11.5. The van der Waals surface area contributed by atoms with Crippen LogP contribution in [0.3, 0.4) is 0 Å². The van der Waals surface area contributed by atoms with E-state index in [9.17, 15) is 14.4 Å². The fraction of sp³-hybridized carbons (Fsp3) is 0.250. The van der Waals surface area contributed by atoms with E-state index in [0.717, 1.165) is 11.0 Å². The number of hydrogen-bond donors (Lipinski definition) is 1. The lowest BCUT2D eigenvalue weighted by Gasteiger charge is -2.11. The van der Waals surface area contributed by atoms with Crippen LogP contribution in [0.5, 0.6) is 0 Å². The van der Waals surface area contributed by atoms with E-state index < -0.39 is 24.5 Å². The van der Waals surface area contributed by atoms with Gasteiger partial charge >= 0.3 is 12.0 Å². The Kier molecular flexibility index (Phi) is 3.97. The van der Waals surface area contributed by atoms with Crippen LogP contribution in [0.25, 0.3) is 6.08 Å². The Hall–Kier alpha value is -2.57. The first kappa shape index (κ1) is 12.9. The average molecular weight is 264 g/mol. The molecule has 0 spiro atoms. The molecule has 1 aliphatic heterocycles. The molecule has 0 radical (unpaired) electrons. The number of imide groups is 1. The van der Waals surface area contributed by atoms with Crippen molar-refractivity contribution in [3.05, 3.63) is 30.2 Å². The van der Waals surface area contributed by atoms with Crippen molar-refractivity contribution in [3.8, 4) is 0 Å². The maximum Gasteiger partial charge on any atom is 0.331 e. The van der Waals surface area contributed by atoms with Gasteiger partial charge in [-0.1, -0.05) is 0 Å². The maximum atomic E-state index is 11.5. The molecule has 0 unspecified atom stereocenters. The summed E-state index contributed by atoms with van der Waals surface area (Å²) in [6.07, 6.45) is 4.05. The van der Waals surface area contributed by atoms with Crippen LogP contribution in [0, 0.1) is 0 Å². The van der Waals surface area contributed by atoms with Gasteiger partial charge in [-0.25, -0.2) is 9.59 Å². The second kappa shape index (κ2) is 5.85. The van der Waals surface area contributed by atoms with Crippen LogP contribution in [-0.4, -0.2) is 42.5 Å². The molecule has 0 aliphatic carbocycles. The highest BCUT2D eigenvalue weighted by Gasteiger charge is 2.26. The third-order valence-electron chi connectivity index (χ3n) is 2.42. The summed E-state index contributed by atoms with van der Waals surface area (Å²) in [5.41, 5.74) is 0. The largest absolute Gasteiger partial charge is 0.465 e. The van der Waals surface area contributed by atoms with Crippen LogP contribution in [-0.2, 0) is 14.3 Å². The zero-order valence-electron chi connectivity index (χ0n) is 10.00. The van der Waals surface area contributed by atoms with Crippen LogP contribution in [0.2, 0.25) is 0 Å². The van der Waals surface area contributed by atoms with E-state index in [1.807, 2.05) is 0 Å². The standard InChI is InChI=1S/C12H12N2O5/c15-10(14-6-5-13-12(14)17)8-19-11(16)4-3-9-2-1-7-18-9/h1-4,7H,5-6,8H2,(H,13,17)/b4-3+. The summed E-state index contributed by atoms with van der Waals surface area (Å²) in [6, 6.07) is 2.89. The van der Waals surface area contributed by atoms with E-state index in [1.165, 1.54) is 12.3 Å². The van der Waals surface area contributed by atoms with Crippen LogP contribution in [0.4, 0.5) is 4.79 Å². The Balaban J connectivity index is 1.77. The van der Waals surface area contributed by atoms with E-state index in [-0.39, 0.29) is 6.54 Å². The van der Waals surface area contributed by atoms with Gasteiger partial charge in [0.05, 0.1) is 6.26 Å². The fourth-order valence-electron chi connectivity index (χ4n) is 1.50. The predicted molar refractivity (Wildman–Crippen MR) is 63.8 cm³/mol. The molecular weight excluding hydrogens is 252 g/mol. The number of nitrogens with zero attached hydrogens (tertiary/aromatic N) is 1. The first-order valence-corrected chi connectivity index (χ1v) is 5.63. The van der Waals surface area contributed by atoms with Gasteiger partial charge < -0.3 is 14.5 Å². The molecule has 19 heavy (non-hydrogen) atoms. The summed E-state index contributed by atoms with van der Waals surface area (Å²) in [5.74, 6) is -0.721. The van der Waals surface area contributed by atoms with E-state index in [1.54, 1.807) is 12.1 Å². The Morgan fingerprint density at radius 3 is 3.00 bits per heavy atom. The van der Waals surface area contributed by atoms with Gasteiger partial charge in [0, 0.05) is 19.2 Å². The van der Waals surface area contributed by atoms with Crippen molar-refractivity contribution >= 4 is 24.0 Å². The van der Waals surface area contributed by atoms with Crippen molar-refractivity contribution in [2.75, 3.05) is 19.7 Å². The number of ether oxygens (including phenoxy) is 1. The number of esters is 1. The average Bonchev–Trinajstić information content (AvgIpc) is 3.04. The smallest absolute Gasteiger partial charge is 0.331 e. The van der Waals surface area contributed by atoms with Gasteiger partial charge in [-0.3, -0.25) is 9.69 Å². The molecule has 7 nitrogen and oxygen atoms in total. The lowest BCUT2D eigenvalue weighted by atomic mass is 10.4. The molecule has 3 amide bonds. The third kappa shape index (κ3) is 3.44. The molecule has 2 heterocycles. The van der Waals surface area contributed by atoms with Crippen LogP contribution in [0.1, 0.15) is 5.76 Å². The van der Waals surface area contributed by atoms with Crippen molar-refractivity contribution in [1.82, 2.24) is 10.2 Å². The number of carbonyl (C=O) groups excluding carboxylic acids is 3. The highest BCUT2D eigenvalue weighted by Crippen LogP contribution is 2.03. The summed E-state index contributed by atoms with van der Waals surface area (Å²) >= 11 is 0. The van der Waals surface area contributed by atoms with Gasteiger partial charge in [0.2, 0.25) is 0 Å². The second-order valence-electron chi connectivity index (χ2n) is 3.73. The molecule has 1 N–H and O–H groups in total. The zero-order valence-corrected chi connectivity index (χ0v) is 10.00. The van der Waals surface area contributed by atoms with Crippen molar-refractivity contribution < 1.29 is 23.5 Å². The van der Waals surface area contributed by atoms with Gasteiger partial charge in [0.1, 0.15) is 5.76 Å². The molecule has 7 heteroatoms. The minimum Gasteiger partial charge on any atom is -0.465 e. The quantitative estimate of drug-likeness (QED) is 0.627. The first-order chi connectivity index (χ1) is 9.16. The summed E-state index contributed by atoms with van der Waals surface area (Å²) in [5, 5.41) is 2.48. The summed E-state index contributed by atoms with van der Waals surface area (Å²) in [6.45, 7) is 0.239. The normalized spacial score (nSPS) is 14.7. The number of amides is 3. The summed E-state index contributed by atoms with van der Waals surface area (Å²) in [7, 11) is 0. The van der Waals surface area contributed by atoms with E-state index in [2.05, 4.69) is 5.32 Å². The molecule has 0 bridgehead atoms. The first-order valence-electron chi connectivity index (χ1n) is 5.63. The van der Waals surface area contributed by atoms with Crippen molar-refractivity contribution in [3.63, 3.8) is 0 Å². The monoisotopic (exact) mass is 264 g/mol. The Morgan fingerprint density at radius 1 is 1.53 bits per heavy atom. The van der Waals surface area contributed by atoms with E-state index in [0.29, 0.717) is 12.3 Å². The minimum atomic E-state index is -0.677. The second-order valence-corrected chi connectivity index (χ2v) is 3.73. The predicted octanol–water partition coefficient (Wildman–Crippen LogP) is 0.388. The molecule has 0 saturated carbocycles. The molecular formula is C12H12N2O5. The topological polar surface area (TPSA) is 88.8 Å². The fourth-order valence-corrected chi connectivity index (χ4v) is 1.50. The lowest BCUT2D eigenvalue weighted by Crippen LogP contribution is -2.37. The molecule has 0 atom stereocenters. The van der Waals surface area contributed by atoms with E-state index in [4.69, 9.17) is 9.15 Å². The SMILES string of the molecule is O=C(/C=C/c1ccco1)OCC(=O)N1CCNC1=O. The number of nitrogens with one attached hydrogen (secondary N) is 1. The van der Waals surface area contributed by atoms with Crippen LogP contribution < -0.4 is 5.32 Å². The highest BCUT2D eigenvalue weighted by atomic mass is 16.5. The molecule has 100 valence electrons. The van der Waals surface area contributed by atoms with E-state index >= 15 is 0 Å². The number of urea groups is 1. The lowest BCUT2D eigenvalue weighted by molar-refractivity contribution is -0.146. The molecule has 1 saturated heterocycles. The van der Waals surface area contributed by atoms with Gasteiger partial charge in [0.15, 0.2) is 6.61 Å². The van der Waals surface area contributed by atoms with Gasteiger partial charge in [-0.15, -0.1) is 0 Å². The van der Waals surface area contributed by atoms with Gasteiger partial charge in [0.25, 0.3) is 5.91 Å². The Labute approximate surface area is 108 Å². The van der Waals surface area contributed by atoms with Crippen LogP contribution in [0.15, 0.2) is 28.9 Å². The Bertz CT molecular complexity index is 506. The molecule has 2 rings (SSSR count). The number of hydrogen-bond acceptors (Lipinski definition) is 5. The number of furan rings is 1. The van der Waals surface area contributed by atoms with Gasteiger partial charge in [-0.05, 0) is 18.2 Å². The highest BCUT2D eigenvalue weighted by molar-refractivity contribution is 5.97. The summed E-state index contributed by atoms with van der Waals surface area (Å²) in [4.78, 5) is 35.0. The van der Waals surface area contributed by atoms with Crippen molar-refractivity contribution in [2.24, 2.45) is 0 Å². The molecule has 0 aromatic carbocycles. The molecule has 1 aliphatic rings. The van der Waals surface area contributed by atoms with Crippen molar-refractivity contribution in [2.45, 2.75) is 0 Å². The van der Waals surface area contributed by atoms with Gasteiger partial charge in [-0.2, -0.15) is 0 Å². The zero-order chi connectivity index (χ0) is 13.7. The van der Waals surface area contributed by atoms with Crippen molar-refractivity contribution in [1.29, 1.82) is 0 Å². The third-order valence-corrected chi connectivity index (χ3v) is 2.42.